The number of benzene rings is 1. The van der Waals surface area contributed by atoms with Gasteiger partial charge in [0.1, 0.15) is 10.6 Å². The number of thiazole rings is 1. The van der Waals surface area contributed by atoms with Crippen LogP contribution in [0, 0.1) is 12.8 Å². The first kappa shape index (κ1) is 21.2. The van der Waals surface area contributed by atoms with E-state index in [1.165, 1.54) is 11.3 Å². The number of aliphatic hydroxyl groups is 1. The number of ether oxygens (including phenoxy) is 1. The van der Waals surface area contributed by atoms with Gasteiger partial charge in [0.05, 0.1) is 17.9 Å². The predicted octanol–water partition coefficient (Wildman–Crippen LogP) is 4.12. The fraction of sp³-hybridized carbons (Fsp3) is 0.364. The first-order chi connectivity index (χ1) is 14.9. The summed E-state index contributed by atoms with van der Waals surface area (Å²) in [4.78, 5) is 25.1. The summed E-state index contributed by atoms with van der Waals surface area (Å²) in [6.45, 7) is 2.00. The minimum Gasteiger partial charge on any atom is -0.481 e. The standard InChI is InChI=1S/C22H24N4O4S/c1-13-9-15(11-16(10-13)25-21-23-8-5-18(26-21)30-2)17-12-24-20(31-17)22(29)6-3-14(4-7-22)19(27)28/h5,8-12,14,29H,3-4,6-7H2,1-2H3,(H,27,28)(H,23,25,26)/t14-,22-. The highest BCUT2D eigenvalue weighted by Crippen LogP contribution is 2.43. The molecule has 0 aliphatic heterocycles. The first-order valence-electron chi connectivity index (χ1n) is 10.0. The molecule has 162 valence electrons. The second kappa shape index (κ2) is 8.60. The SMILES string of the molecule is COc1ccnc(Nc2cc(C)cc(-c3cnc([C@]4(O)CC[C@H](C(=O)O)CC4)s3)c2)n1. The van der Waals surface area contributed by atoms with Crippen molar-refractivity contribution < 1.29 is 19.7 Å². The Morgan fingerprint density at radius 2 is 2.03 bits per heavy atom. The molecule has 0 amide bonds. The average Bonchev–Trinajstić information content (AvgIpc) is 3.25. The smallest absolute Gasteiger partial charge is 0.306 e. The number of carboxylic acid groups (broad SMARTS) is 1. The molecule has 1 aliphatic carbocycles. The van der Waals surface area contributed by atoms with E-state index in [1.54, 1.807) is 25.6 Å². The molecule has 0 atom stereocenters. The van der Waals surface area contributed by atoms with E-state index >= 15 is 0 Å². The van der Waals surface area contributed by atoms with E-state index in [1.807, 2.05) is 19.1 Å². The lowest BCUT2D eigenvalue weighted by Gasteiger charge is -2.32. The molecule has 3 aromatic rings. The topological polar surface area (TPSA) is 117 Å². The van der Waals surface area contributed by atoms with E-state index in [0.29, 0.717) is 42.5 Å². The lowest BCUT2D eigenvalue weighted by atomic mass is 9.79. The van der Waals surface area contributed by atoms with Crippen LogP contribution in [0.1, 0.15) is 36.3 Å². The van der Waals surface area contributed by atoms with Crippen LogP contribution in [0.25, 0.3) is 10.4 Å². The number of hydrogen-bond donors (Lipinski definition) is 3. The maximum Gasteiger partial charge on any atom is 0.306 e. The van der Waals surface area contributed by atoms with Crippen LogP contribution >= 0.6 is 11.3 Å². The van der Waals surface area contributed by atoms with Crippen molar-refractivity contribution in [3.63, 3.8) is 0 Å². The molecular formula is C22H24N4O4S. The van der Waals surface area contributed by atoms with E-state index in [-0.39, 0.29) is 5.92 Å². The molecule has 4 rings (SSSR count). The van der Waals surface area contributed by atoms with Crippen molar-refractivity contribution in [1.29, 1.82) is 0 Å². The number of carbonyl (C=O) groups is 1. The number of hydrogen-bond acceptors (Lipinski definition) is 8. The van der Waals surface area contributed by atoms with Crippen molar-refractivity contribution >= 4 is 28.9 Å². The number of aryl methyl sites for hydroxylation is 1. The number of nitrogens with zero attached hydrogens (tertiary/aromatic N) is 3. The normalized spacial score (nSPS) is 20.9. The van der Waals surface area contributed by atoms with E-state index in [4.69, 9.17) is 4.74 Å². The van der Waals surface area contributed by atoms with Crippen LogP contribution in [0.2, 0.25) is 0 Å². The Hall–Kier alpha value is -3.04. The van der Waals surface area contributed by atoms with Crippen LogP contribution in [0.3, 0.4) is 0 Å². The van der Waals surface area contributed by atoms with Gasteiger partial charge in [-0.15, -0.1) is 11.3 Å². The summed E-state index contributed by atoms with van der Waals surface area (Å²) in [6, 6.07) is 7.72. The van der Waals surface area contributed by atoms with Crippen LogP contribution < -0.4 is 10.1 Å². The summed E-state index contributed by atoms with van der Waals surface area (Å²) in [7, 11) is 1.56. The fourth-order valence-corrected chi connectivity index (χ4v) is 4.87. The highest BCUT2D eigenvalue weighted by atomic mass is 32.1. The highest BCUT2D eigenvalue weighted by Gasteiger charge is 2.39. The molecule has 0 bridgehead atoms. The van der Waals surface area contributed by atoms with Crippen LogP contribution in [0.15, 0.2) is 36.7 Å². The van der Waals surface area contributed by atoms with Crippen molar-refractivity contribution in [2.45, 2.75) is 38.2 Å². The monoisotopic (exact) mass is 440 g/mol. The third kappa shape index (κ3) is 4.67. The van der Waals surface area contributed by atoms with E-state index in [0.717, 1.165) is 21.7 Å². The molecule has 3 N–H and O–H groups in total. The molecule has 0 saturated heterocycles. The molecule has 0 unspecified atom stereocenters. The van der Waals surface area contributed by atoms with Gasteiger partial charge in [0.25, 0.3) is 0 Å². The third-order valence-corrected chi connectivity index (χ3v) is 6.76. The minimum atomic E-state index is -1.06. The Morgan fingerprint density at radius 3 is 2.74 bits per heavy atom. The number of anilines is 2. The van der Waals surface area contributed by atoms with Gasteiger partial charge in [-0.25, -0.2) is 9.97 Å². The molecular weight excluding hydrogens is 416 g/mol. The van der Waals surface area contributed by atoms with Gasteiger partial charge in [-0.3, -0.25) is 4.79 Å². The summed E-state index contributed by atoms with van der Waals surface area (Å²) in [5.74, 6) is -0.264. The van der Waals surface area contributed by atoms with Gasteiger partial charge in [-0.1, -0.05) is 6.07 Å². The fourth-order valence-electron chi connectivity index (χ4n) is 3.82. The molecule has 9 heteroatoms. The number of rotatable bonds is 6. The number of carboxylic acids is 1. The van der Waals surface area contributed by atoms with E-state index < -0.39 is 11.6 Å². The Bertz CT molecular complexity index is 1090. The van der Waals surface area contributed by atoms with Gasteiger partial charge < -0.3 is 20.3 Å². The summed E-state index contributed by atoms with van der Waals surface area (Å²) in [6.07, 6.45) is 5.12. The number of aliphatic carboxylic acids is 1. The van der Waals surface area contributed by atoms with Crippen LogP contribution in [0.4, 0.5) is 11.6 Å². The van der Waals surface area contributed by atoms with Crippen molar-refractivity contribution in [1.82, 2.24) is 15.0 Å². The molecule has 1 fully saturated rings. The molecule has 31 heavy (non-hydrogen) atoms. The van der Waals surface area contributed by atoms with Gasteiger partial charge in [-0.05, 0) is 55.9 Å². The molecule has 2 heterocycles. The Morgan fingerprint density at radius 1 is 1.26 bits per heavy atom. The second-order valence-corrected chi connectivity index (χ2v) is 8.84. The Kier molecular flexibility index (Phi) is 5.88. The average molecular weight is 441 g/mol. The van der Waals surface area contributed by atoms with Gasteiger partial charge in [0.15, 0.2) is 0 Å². The maximum absolute atomic E-state index is 11.2. The van der Waals surface area contributed by atoms with Gasteiger partial charge >= 0.3 is 5.97 Å². The molecule has 1 saturated carbocycles. The zero-order chi connectivity index (χ0) is 22.0. The summed E-state index contributed by atoms with van der Waals surface area (Å²) in [5, 5.41) is 24.1. The number of nitrogens with one attached hydrogen (secondary N) is 1. The van der Waals surface area contributed by atoms with Crippen LogP contribution in [-0.4, -0.2) is 38.2 Å². The Labute approximate surface area is 184 Å². The maximum atomic E-state index is 11.2. The van der Waals surface area contributed by atoms with E-state index in [9.17, 15) is 15.0 Å². The summed E-state index contributed by atoms with van der Waals surface area (Å²) in [5.41, 5.74) is 1.79. The first-order valence-corrected chi connectivity index (χ1v) is 10.9. The zero-order valence-corrected chi connectivity index (χ0v) is 18.1. The molecule has 1 aromatic carbocycles. The van der Waals surface area contributed by atoms with Crippen molar-refractivity contribution in [3.05, 3.63) is 47.2 Å². The lowest BCUT2D eigenvalue weighted by molar-refractivity contribution is -0.145. The van der Waals surface area contributed by atoms with Gasteiger partial charge in [0, 0.05) is 24.1 Å². The third-order valence-electron chi connectivity index (χ3n) is 5.52. The van der Waals surface area contributed by atoms with E-state index in [2.05, 4.69) is 26.3 Å². The molecule has 8 nitrogen and oxygen atoms in total. The molecule has 0 radical (unpaired) electrons. The van der Waals surface area contributed by atoms with Crippen molar-refractivity contribution in [3.8, 4) is 16.3 Å². The number of methoxy groups -OCH3 is 1. The highest BCUT2D eigenvalue weighted by molar-refractivity contribution is 7.15. The summed E-state index contributed by atoms with van der Waals surface area (Å²) < 4.78 is 5.14. The minimum absolute atomic E-state index is 0.385. The van der Waals surface area contributed by atoms with Gasteiger partial charge in [-0.2, -0.15) is 4.98 Å². The Balaban J connectivity index is 1.55. The molecule has 1 aliphatic rings. The largest absolute Gasteiger partial charge is 0.481 e. The van der Waals surface area contributed by atoms with Crippen LogP contribution in [0.5, 0.6) is 5.88 Å². The van der Waals surface area contributed by atoms with Crippen molar-refractivity contribution in [2.75, 3.05) is 12.4 Å². The quantitative estimate of drug-likeness (QED) is 0.524. The lowest BCUT2D eigenvalue weighted by Crippen LogP contribution is -2.33. The second-order valence-electron chi connectivity index (χ2n) is 7.81. The van der Waals surface area contributed by atoms with Crippen molar-refractivity contribution in [2.24, 2.45) is 5.92 Å². The number of aromatic nitrogens is 3. The molecule has 0 spiro atoms. The molecule has 2 aromatic heterocycles. The summed E-state index contributed by atoms with van der Waals surface area (Å²) >= 11 is 1.44. The van der Waals surface area contributed by atoms with Gasteiger partial charge in [0.2, 0.25) is 11.8 Å². The zero-order valence-electron chi connectivity index (χ0n) is 17.3. The predicted molar refractivity (Wildman–Crippen MR) is 118 cm³/mol. The van der Waals surface area contributed by atoms with Crippen LogP contribution in [-0.2, 0) is 10.4 Å².